The molecule has 1 heterocycles. The molecule has 0 aliphatic carbocycles. The zero-order valence-electron chi connectivity index (χ0n) is 18.0. The molecule has 0 bridgehead atoms. The molecule has 0 atom stereocenters. The summed E-state index contributed by atoms with van der Waals surface area (Å²) in [7, 11) is -2.06. The summed E-state index contributed by atoms with van der Waals surface area (Å²) >= 11 is 1.33. The molecule has 0 saturated carbocycles. The van der Waals surface area contributed by atoms with Gasteiger partial charge in [0, 0.05) is 30.6 Å². The highest BCUT2D eigenvalue weighted by molar-refractivity contribution is 7.89. The average molecular weight is 452 g/mol. The van der Waals surface area contributed by atoms with Crippen molar-refractivity contribution in [2.24, 2.45) is 0 Å². The number of amides is 2. The van der Waals surface area contributed by atoms with Gasteiger partial charge < -0.3 is 10.6 Å². The molecule has 7 nitrogen and oxygen atoms in total. The van der Waals surface area contributed by atoms with E-state index in [1.54, 1.807) is 7.05 Å². The number of benzene rings is 1. The molecule has 0 unspecified atom stereocenters. The van der Waals surface area contributed by atoms with Crippen molar-refractivity contribution in [3.05, 3.63) is 45.8 Å². The molecule has 9 heteroatoms. The van der Waals surface area contributed by atoms with Crippen LogP contribution in [-0.4, -0.2) is 44.7 Å². The van der Waals surface area contributed by atoms with Gasteiger partial charge in [0.1, 0.15) is 5.00 Å². The number of nitrogens with zero attached hydrogens (tertiary/aromatic N) is 1. The highest BCUT2D eigenvalue weighted by atomic mass is 32.2. The molecule has 0 fully saturated rings. The maximum atomic E-state index is 12.8. The Balaban J connectivity index is 2.24. The van der Waals surface area contributed by atoms with Crippen LogP contribution in [0.2, 0.25) is 0 Å². The summed E-state index contributed by atoms with van der Waals surface area (Å²) in [6.07, 6.45) is 1.70. The predicted octanol–water partition coefficient (Wildman–Crippen LogP) is 3.79. The molecular weight excluding hydrogens is 422 g/mol. The number of hydrogen-bond donors (Lipinski definition) is 2. The monoisotopic (exact) mass is 451 g/mol. The maximum Gasteiger partial charge on any atom is 0.256 e. The molecule has 2 rings (SSSR count). The Hall–Kier alpha value is -2.23. The second-order valence-corrected chi connectivity index (χ2v) is 10.1. The van der Waals surface area contributed by atoms with Gasteiger partial charge in [0.15, 0.2) is 0 Å². The van der Waals surface area contributed by atoms with Gasteiger partial charge >= 0.3 is 0 Å². The van der Waals surface area contributed by atoms with Gasteiger partial charge in [-0.15, -0.1) is 11.3 Å². The highest BCUT2D eigenvalue weighted by Crippen LogP contribution is 2.32. The Kier molecular flexibility index (Phi) is 8.17. The van der Waals surface area contributed by atoms with Crippen LogP contribution in [0.4, 0.5) is 5.00 Å². The summed E-state index contributed by atoms with van der Waals surface area (Å²) in [6, 6.07) is 5.87. The van der Waals surface area contributed by atoms with Crippen molar-refractivity contribution in [3.8, 4) is 0 Å². The van der Waals surface area contributed by atoms with Crippen molar-refractivity contribution in [2.45, 2.75) is 45.4 Å². The van der Waals surface area contributed by atoms with E-state index in [-0.39, 0.29) is 10.8 Å². The van der Waals surface area contributed by atoms with Crippen LogP contribution in [0.25, 0.3) is 0 Å². The van der Waals surface area contributed by atoms with Crippen molar-refractivity contribution >= 4 is 38.2 Å². The fourth-order valence-corrected chi connectivity index (χ4v) is 5.54. The van der Waals surface area contributed by atoms with Crippen molar-refractivity contribution in [2.75, 3.05) is 25.5 Å². The van der Waals surface area contributed by atoms with Gasteiger partial charge in [-0.25, -0.2) is 8.42 Å². The summed E-state index contributed by atoms with van der Waals surface area (Å²) in [5.74, 6) is -0.663. The summed E-state index contributed by atoms with van der Waals surface area (Å²) in [5, 5.41) is 5.85. The van der Waals surface area contributed by atoms with E-state index in [1.165, 1.54) is 39.9 Å². The number of unbranched alkanes of at least 4 members (excludes halogenated alkanes) is 1. The molecule has 2 N–H and O–H groups in total. The first-order chi connectivity index (χ1) is 14.2. The van der Waals surface area contributed by atoms with Crippen LogP contribution in [0.15, 0.2) is 29.2 Å². The molecule has 2 amide bonds. The van der Waals surface area contributed by atoms with Crippen LogP contribution in [0, 0.1) is 13.8 Å². The third kappa shape index (κ3) is 5.08. The number of hydrogen-bond acceptors (Lipinski definition) is 5. The number of carbonyl (C=O) groups is 2. The minimum Gasteiger partial charge on any atom is -0.355 e. The highest BCUT2D eigenvalue weighted by Gasteiger charge is 2.24. The fraction of sp³-hybridized carbons (Fsp3) is 0.429. The molecule has 2 aromatic rings. The molecular formula is C21H29N3O4S2. The zero-order chi connectivity index (χ0) is 22.5. The van der Waals surface area contributed by atoms with E-state index in [0.29, 0.717) is 29.2 Å². The Labute approximate surface area is 182 Å². The lowest BCUT2D eigenvalue weighted by molar-refractivity contribution is 0.0963. The van der Waals surface area contributed by atoms with Gasteiger partial charge in [0.05, 0.1) is 10.5 Å². The van der Waals surface area contributed by atoms with Crippen LogP contribution in [0.3, 0.4) is 0 Å². The van der Waals surface area contributed by atoms with Gasteiger partial charge in [-0.05, 0) is 50.1 Å². The topological polar surface area (TPSA) is 95.6 Å². The smallest absolute Gasteiger partial charge is 0.256 e. The van der Waals surface area contributed by atoms with Crippen molar-refractivity contribution < 1.29 is 18.0 Å². The molecule has 1 aromatic heterocycles. The number of thiophene rings is 1. The molecule has 0 spiro atoms. The summed E-state index contributed by atoms with van der Waals surface area (Å²) in [5.41, 5.74) is 1.59. The van der Waals surface area contributed by atoms with E-state index in [2.05, 4.69) is 10.6 Å². The fourth-order valence-electron chi connectivity index (χ4n) is 3.00. The first kappa shape index (κ1) is 24.0. The minimum atomic E-state index is -3.60. The van der Waals surface area contributed by atoms with E-state index in [0.717, 1.165) is 23.3 Å². The summed E-state index contributed by atoms with van der Waals surface area (Å²) < 4.78 is 27.1. The second-order valence-electron chi connectivity index (χ2n) is 6.90. The second kappa shape index (κ2) is 10.2. The normalized spacial score (nSPS) is 11.5. The zero-order valence-corrected chi connectivity index (χ0v) is 19.7. The van der Waals surface area contributed by atoms with Gasteiger partial charge in [-0.2, -0.15) is 4.31 Å². The molecule has 0 aliphatic rings. The molecule has 0 radical (unpaired) electrons. The number of anilines is 1. The number of aryl methyl sites for hydroxylation is 1. The van der Waals surface area contributed by atoms with Gasteiger partial charge in [0.2, 0.25) is 10.0 Å². The first-order valence-corrected chi connectivity index (χ1v) is 12.2. The largest absolute Gasteiger partial charge is 0.355 e. The number of nitrogens with one attached hydrogen (secondary N) is 2. The maximum absolute atomic E-state index is 12.8. The SMILES string of the molecule is CCCCN(CC)S(=O)(=O)c1ccc(C(=O)Nc2sc(C)c(C)c2C(=O)NC)cc1. The Morgan fingerprint density at radius 1 is 1.07 bits per heavy atom. The number of sulfonamides is 1. The summed E-state index contributed by atoms with van der Waals surface area (Å²) in [6.45, 7) is 8.41. The quantitative estimate of drug-likeness (QED) is 0.606. The summed E-state index contributed by atoms with van der Waals surface area (Å²) in [4.78, 5) is 26.0. The first-order valence-electron chi connectivity index (χ1n) is 9.90. The average Bonchev–Trinajstić information content (AvgIpc) is 3.01. The minimum absolute atomic E-state index is 0.158. The molecule has 164 valence electrons. The molecule has 30 heavy (non-hydrogen) atoms. The Morgan fingerprint density at radius 2 is 1.70 bits per heavy atom. The van der Waals surface area contributed by atoms with Crippen LogP contribution in [0.5, 0.6) is 0 Å². The van der Waals surface area contributed by atoms with E-state index >= 15 is 0 Å². The lowest BCUT2D eigenvalue weighted by Crippen LogP contribution is -2.31. The van der Waals surface area contributed by atoms with E-state index in [4.69, 9.17) is 0 Å². The van der Waals surface area contributed by atoms with Crippen LogP contribution >= 0.6 is 11.3 Å². The third-order valence-electron chi connectivity index (χ3n) is 4.93. The predicted molar refractivity (Wildman–Crippen MR) is 121 cm³/mol. The Morgan fingerprint density at radius 3 is 2.23 bits per heavy atom. The van der Waals surface area contributed by atoms with E-state index in [9.17, 15) is 18.0 Å². The number of carbonyl (C=O) groups excluding carboxylic acids is 2. The lowest BCUT2D eigenvalue weighted by atomic mass is 10.1. The number of rotatable bonds is 9. The lowest BCUT2D eigenvalue weighted by Gasteiger charge is -2.20. The van der Waals surface area contributed by atoms with E-state index in [1.807, 2.05) is 27.7 Å². The van der Waals surface area contributed by atoms with Crippen LogP contribution in [-0.2, 0) is 10.0 Å². The molecule has 0 saturated heterocycles. The van der Waals surface area contributed by atoms with Gasteiger partial charge in [0.25, 0.3) is 11.8 Å². The van der Waals surface area contributed by atoms with Crippen molar-refractivity contribution in [1.29, 1.82) is 0 Å². The standard InChI is InChI=1S/C21H29N3O4S2/c1-6-8-13-24(7-2)30(27,28)17-11-9-16(10-12-17)19(25)23-21-18(20(26)22-5)14(3)15(4)29-21/h9-12H,6-8,13H2,1-5H3,(H,22,26)(H,23,25). The van der Waals surface area contributed by atoms with E-state index < -0.39 is 15.9 Å². The van der Waals surface area contributed by atoms with Gasteiger partial charge in [-0.3, -0.25) is 9.59 Å². The van der Waals surface area contributed by atoms with Gasteiger partial charge in [-0.1, -0.05) is 20.3 Å². The molecule has 1 aromatic carbocycles. The van der Waals surface area contributed by atoms with Crippen molar-refractivity contribution in [1.82, 2.24) is 9.62 Å². The molecule has 0 aliphatic heterocycles. The van der Waals surface area contributed by atoms with Crippen molar-refractivity contribution in [3.63, 3.8) is 0 Å². The van der Waals surface area contributed by atoms with Crippen LogP contribution < -0.4 is 10.6 Å². The Bertz CT molecular complexity index is 1010. The van der Waals surface area contributed by atoms with Crippen LogP contribution in [0.1, 0.15) is 57.8 Å². The third-order valence-corrected chi connectivity index (χ3v) is 8.05.